The van der Waals surface area contributed by atoms with Gasteiger partial charge in [0.1, 0.15) is 17.5 Å². The Morgan fingerprint density at radius 3 is 2.59 bits per heavy atom. The summed E-state index contributed by atoms with van der Waals surface area (Å²) in [5.74, 6) is -0.527. The van der Waals surface area contributed by atoms with Crippen LogP contribution in [0.1, 0.15) is 42.6 Å². The van der Waals surface area contributed by atoms with Crippen LogP contribution in [0, 0.1) is 17.6 Å². The minimum Gasteiger partial charge on any atom is -0.391 e. The predicted octanol–water partition coefficient (Wildman–Crippen LogP) is 3.70. The van der Waals surface area contributed by atoms with Gasteiger partial charge in [-0.1, -0.05) is 6.92 Å². The molecule has 3 aromatic heterocycles. The van der Waals surface area contributed by atoms with Crippen LogP contribution in [0.25, 0.3) is 16.8 Å². The van der Waals surface area contributed by atoms with E-state index in [0.717, 1.165) is 29.6 Å². The first-order valence-corrected chi connectivity index (χ1v) is 13.4. The van der Waals surface area contributed by atoms with Crippen molar-refractivity contribution in [2.24, 2.45) is 11.7 Å². The average Bonchev–Trinajstić information content (AvgIpc) is 3.34. The molecule has 6 rings (SSSR count). The zero-order chi connectivity index (χ0) is 27.1. The maximum atomic E-state index is 15.3. The summed E-state index contributed by atoms with van der Waals surface area (Å²) in [4.78, 5) is 11.0. The van der Waals surface area contributed by atoms with Crippen molar-refractivity contribution in [1.82, 2.24) is 19.6 Å². The molecule has 0 aliphatic carbocycles. The number of nitrogens with two attached hydrogens (primary N) is 1. The molecule has 2 aliphatic rings. The number of anilines is 1. The summed E-state index contributed by atoms with van der Waals surface area (Å²) in [7, 11) is 0. The molecule has 2 fully saturated rings. The van der Waals surface area contributed by atoms with Gasteiger partial charge in [0.15, 0.2) is 0 Å². The van der Waals surface area contributed by atoms with E-state index in [1.54, 1.807) is 35.2 Å². The van der Waals surface area contributed by atoms with Crippen LogP contribution in [-0.4, -0.2) is 63.1 Å². The van der Waals surface area contributed by atoms with Gasteiger partial charge in [0.2, 0.25) is 0 Å². The minimum atomic E-state index is -0.628. The van der Waals surface area contributed by atoms with Crippen LogP contribution < -0.4 is 10.6 Å². The van der Waals surface area contributed by atoms with E-state index in [0.29, 0.717) is 44.1 Å². The van der Waals surface area contributed by atoms with Gasteiger partial charge < -0.3 is 20.5 Å². The van der Waals surface area contributed by atoms with Crippen LogP contribution in [0.2, 0.25) is 0 Å². The lowest BCUT2D eigenvalue weighted by atomic mass is 9.90. The van der Waals surface area contributed by atoms with Crippen molar-refractivity contribution in [3.05, 3.63) is 77.5 Å². The van der Waals surface area contributed by atoms with Crippen LogP contribution in [0.4, 0.5) is 14.5 Å². The van der Waals surface area contributed by atoms with E-state index in [1.165, 1.54) is 12.1 Å². The van der Waals surface area contributed by atoms with Gasteiger partial charge in [-0.25, -0.2) is 18.3 Å². The van der Waals surface area contributed by atoms with Crippen molar-refractivity contribution >= 4 is 11.2 Å². The van der Waals surface area contributed by atoms with E-state index in [-0.39, 0.29) is 29.1 Å². The third-order valence-electron chi connectivity index (χ3n) is 8.00. The quantitative estimate of drug-likeness (QED) is 0.403. The van der Waals surface area contributed by atoms with Gasteiger partial charge in [-0.2, -0.15) is 5.10 Å². The van der Waals surface area contributed by atoms with Gasteiger partial charge in [-0.05, 0) is 54.7 Å². The Hall–Kier alpha value is -3.47. The SMILES string of the molecule is C[C@H]1CN(c2ccncc2Cc2ncc3ccc(-c4c(F)cc(C5CCOCC5)cc4F)nn23)C[C@@H](N)[C@@H]1O. The number of fused-ring (bicyclic) bond motifs is 1. The van der Waals surface area contributed by atoms with Crippen molar-refractivity contribution in [3.63, 3.8) is 0 Å². The molecule has 0 radical (unpaired) electrons. The first-order valence-electron chi connectivity index (χ1n) is 13.4. The lowest BCUT2D eigenvalue weighted by Crippen LogP contribution is -2.55. The summed E-state index contributed by atoms with van der Waals surface area (Å²) in [6.07, 6.45) is 6.57. The molecule has 0 amide bonds. The van der Waals surface area contributed by atoms with Gasteiger partial charge in [0.05, 0.1) is 29.1 Å². The highest BCUT2D eigenvalue weighted by molar-refractivity contribution is 5.63. The zero-order valence-corrected chi connectivity index (χ0v) is 21.8. The fourth-order valence-corrected chi connectivity index (χ4v) is 5.84. The minimum absolute atomic E-state index is 0.0221. The number of hydrogen-bond acceptors (Lipinski definition) is 7. The summed E-state index contributed by atoms with van der Waals surface area (Å²) < 4.78 is 37.6. The fraction of sp³-hybridized carbons (Fsp3) is 0.414. The summed E-state index contributed by atoms with van der Waals surface area (Å²) in [6, 6.07) is 7.82. The van der Waals surface area contributed by atoms with Crippen molar-refractivity contribution in [2.45, 2.75) is 44.2 Å². The molecule has 4 aromatic rings. The van der Waals surface area contributed by atoms with Crippen molar-refractivity contribution < 1.29 is 18.6 Å². The molecule has 39 heavy (non-hydrogen) atoms. The van der Waals surface area contributed by atoms with Crippen molar-refractivity contribution in [3.8, 4) is 11.3 Å². The molecule has 3 N–H and O–H groups in total. The number of halogens is 2. The van der Waals surface area contributed by atoms with E-state index in [1.807, 2.05) is 13.0 Å². The first kappa shape index (κ1) is 25.8. The summed E-state index contributed by atoms with van der Waals surface area (Å²) in [5.41, 5.74) is 9.52. The molecule has 1 aromatic carbocycles. The summed E-state index contributed by atoms with van der Waals surface area (Å²) >= 11 is 0. The number of hydrogen-bond donors (Lipinski definition) is 2. The molecule has 2 saturated heterocycles. The van der Waals surface area contributed by atoms with E-state index >= 15 is 8.78 Å². The second-order valence-electron chi connectivity index (χ2n) is 10.7. The molecule has 8 nitrogen and oxygen atoms in total. The largest absolute Gasteiger partial charge is 0.391 e. The number of aromatic nitrogens is 4. The molecule has 10 heteroatoms. The number of piperidine rings is 1. The molecule has 0 unspecified atom stereocenters. The highest BCUT2D eigenvalue weighted by Crippen LogP contribution is 2.33. The molecule has 0 saturated carbocycles. The van der Waals surface area contributed by atoms with Crippen LogP contribution in [-0.2, 0) is 11.2 Å². The van der Waals surface area contributed by atoms with Gasteiger partial charge in [0.25, 0.3) is 0 Å². The Kier molecular flexibility index (Phi) is 7.01. The fourth-order valence-electron chi connectivity index (χ4n) is 5.84. The molecular weight excluding hydrogens is 502 g/mol. The number of aliphatic hydroxyl groups excluding tert-OH is 1. The van der Waals surface area contributed by atoms with Crippen molar-refractivity contribution in [2.75, 3.05) is 31.2 Å². The highest BCUT2D eigenvalue weighted by atomic mass is 19.1. The van der Waals surface area contributed by atoms with Crippen LogP contribution in [0.3, 0.4) is 0 Å². The van der Waals surface area contributed by atoms with Crippen LogP contribution >= 0.6 is 0 Å². The average molecular weight is 535 g/mol. The predicted molar refractivity (Wildman–Crippen MR) is 144 cm³/mol. The molecule has 204 valence electrons. The second kappa shape index (κ2) is 10.6. The maximum Gasteiger partial charge on any atom is 0.135 e. The summed E-state index contributed by atoms with van der Waals surface area (Å²) in [6.45, 7) is 4.37. The Morgan fingerprint density at radius 2 is 1.85 bits per heavy atom. The number of ether oxygens (including phenoxy) is 1. The van der Waals surface area contributed by atoms with E-state index < -0.39 is 17.7 Å². The van der Waals surface area contributed by atoms with E-state index in [4.69, 9.17) is 10.5 Å². The highest BCUT2D eigenvalue weighted by Gasteiger charge is 2.32. The molecule has 3 atom stereocenters. The van der Waals surface area contributed by atoms with Crippen LogP contribution in [0.15, 0.2) is 48.9 Å². The lowest BCUT2D eigenvalue weighted by molar-refractivity contribution is 0.0784. The Labute approximate surface area is 225 Å². The van der Waals surface area contributed by atoms with Gasteiger partial charge >= 0.3 is 0 Å². The summed E-state index contributed by atoms with van der Waals surface area (Å²) in [5, 5.41) is 14.9. The monoisotopic (exact) mass is 534 g/mol. The van der Waals surface area contributed by atoms with Crippen LogP contribution in [0.5, 0.6) is 0 Å². The third kappa shape index (κ3) is 4.99. The topological polar surface area (TPSA) is 102 Å². The maximum absolute atomic E-state index is 15.3. The smallest absolute Gasteiger partial charge is 0.135 e. The number of nitrogens with zero attached hydrogens (tertiary/aromatic N) is 5. The van der Waals surface area contributed by atoms with Gasteiger partial charge in [0, 0.05) is 68.3 Å². The van der Waals surface area contributed by atoms with E-state index in [2.05, 4.69) is 20.0 Å². The zero-order valence-electron chi connectivity index (χ0n) is 21.8. The standard InChI is InChI=1S/C29H32F2N6O2/c1-17-15-36(16-24(32)29(17)38)26-4-7-33-13-20(26)12-27-34-14-21-2-3-25(35-37(21)27)28-22(30)10-19(11-23(28)31)18-5-8-39-9-6-18/h2-4,7,10-11,13-14,17-18,24,29,38H,5-6,8-9,12,15-16,32H2,1H3/t17-,24+,29+/m0/s1. The lowest BCUT2D eigenvalue weighted by Gasteiger charge is -2.40. The number of rotatable bonds is 5. The number of benzene rings is 1. The van der Waals surface area contributed by atoms with Gasteiger partial charge in [-0.15, -0.1) is 0 Å². The third-order valence-corrected chi connectivity index (χ3v) is 8.00. The number of pyridine rings is 1. The Morgan fingerprint density at radius 1 is 1.08 bits per heavy atom. The Balaban J connectivity index is 1.32. The van der Waals surface area contributed by atoms with E-state index in [9.17, 15) is 5.11 Å². The molecule has 0 bridgehead atoms. The molecule has 0 spiro atoms. The number of aliphatic hydroxyl groups is 1. The first-order chi connectivity index (χ1) is 18.9. The van der Waals surface area contributed by atoms with Crippen molar-refractivity contribution in [1.29, 1.82) is 0 Å². The van der Waals surface area contributed by atoms with Gasteiger partial charge in [-0.3, -0.25) is 4.98 Å². The molecule has 2 aliphatic heterocycles. The Bertz CT molecular complexity index is 1450. The second-order valence-corrected chi connectivity index (χ2v) is 10.7. The molecule has 5 heterocycles. The normalized spacial score (nSPS) is 22.5. The number of imidazole rings is 1. The molecular formula is C29H32F2N6O2.